The van der Waals surface area contributed by atoms with Gasteiger partial charge < -0.3 is 10.6 Å². The molecule has 0 aromatic carbocycles. The zero-order chi connectivity index (χ0) is 9.68. The van der Waals surface area contributed by atoms with Crippen LogP contribution in [0.3, 0.4) is 0 Å². The number of alkyl halides is 1. The molecule has 0 bridgehead atoms. The summed E-state index contributed by atoms with van der Waals surface area (Å²) in [6, 6.07) is 0.348. The lowest BCUT2D eigenvalue weighted by atomic mass is 10.1. The van der Waals surface area contributed by atoms with Crippen molar-refractivity contribution in [1.29, 1.82) is 0 Å². The predicted molar refractivity (Wildman–Crippen MR) is 53.5 cm³/mol. The van der Waals surface area contributed by atoms with Crippen molar-refractivity contribution in [2.24, 2.45) is 5.73 Å². The molecule has 78 valence electrons. The third-order valence-corrected chi connectivity index (χ3v) is 2.69. The van der Waals surface area contributed by atoms with Crippen LogP contribution in [0.25, 0.3) is 0 Å². The van der Waals surface area contributed by atoms with Gasteiger partial charge in [-0.05, 0) is 32.4 Å². The van der Waals surface area contributed by atoms with Gasteiger partial charge in [0.1, 0.15) is 6.17 Å². The number of rotatable bonds is 4. The van der Waals surface area contributed by atoms with Gasteiger partial charge in [0, 0.05) is 12.6 Å². The van der Waals surface area contributed by atoms with E-state index in [-0.39, 0.29) is 0 Å². The van der Waals surface area contributed by atoms with Crippen LogP contribution in [0.4, 0.5) is 4.39 Å². The van der Waals surface area contributed by atoms with E-state index < -0.39 is 6.17 Å². The highest BCUT2D eigenvalue weighted by Crippen LogP contribution is 2.11. The van der Waals surface area contributed by atoms with Gasteiger partial charge in [-0.15, -0.1) is 0 Å². The van der Waals surface area contributed by atoms with Gasteiger partial charge in [0.2, 0.25) is 0 Å². The Bertz CT molecular complexity index is 133. The fourth-order valence-corrected chi connectivity index (χ4v) is 1.82. The van der Waals surface area contributed by atoms with Gasteiger partial charge in [0.15, 0.2) is 0 Å². The summed E-state index contributed by atoms with van der Waals surface area (Å²) in [4.78, 5) is 2.20. The molecular formula is C10H21FN2. The van der Waals surface area contributed by atoms with E-state index >= 15 is 0 Å². The second kappa shape index (κ2) is 5.55. The molecule has 1 aliphatic heterocycles. The number of hydrogen-bond donors (Lipinski definition) is 1. The summed E-state index contributed by atoms with van der Waals surface area (Å²) in [7, 11) is 0. The summed E-state index contributed by atoms with van der Waals surface area (Å²) >= 11 is 0. The third-order valence-electron chi connectivity index (χ3n) is 2.69. The maximum atomic E-state index is 13.2. The maximum Gasteiger partial charge on any atom is 0.113 e. The standard InChI is InChI=1S/C10H21FN2/c1-2-3-9(11)8-13-6-4-10(12)5-7-13/h9-10H,2-8,12H2,1H3/t9-/m0/s1. The zero-order valence-electron chi connectivity index (χ0n) is 8.51. The minimum atomic E-state index is -0.640. The molecule has 0 saturated carbocycles. The number of piperidine rings is 1. The number of nitrogens with zero attached hydrogens (tertiary/aromatic N) is 1. The molecule has 1 heterocycles. The second-order valence-corrected chi connectivity index (χ2v) is 4.02. The topological polar surface area (TPSA) is 29.3 Å². The lowest BCUT2D eigenvalue weighted by Crippen LogP contribution is -2.42. The molecule has 2 N–H and O–H groups in total. The van der Waals surface area contributed by atoms with Crippen LogP contribution in [0.2, 0.25) is 0 Å². The van der Waals surface area contributed by atoms with Crippen molar-refractivity contribution in [2.75, 3.05) is 19.6 Å². The Hall–Kier alpha value is -0.150. The summed E-state index contributed by atoms with van der Waals surface area (Å²) in [5.74, 6) is 0. The molecule has 0 radical (unpaired) electrons. The van der Waals surface area contributed by atoms with E-state index in [4.69, 9.17) is 5.73 Å². The molecule has 1 saturated heterocycles. The summed E-state index contributed by atoms with van der Waals surface area (Å²) in [6.07, 6.45) is 3.05. The van der Waals surface area contributed by atoms with E-state index in [1.165, 1.54) is 0 Å². The van der Waals surface area contributed by atoms with Crippen molar-refractivity contribution in [1.82, 2.24) is 4.90 Å². The van der Waals surface area contributed by atoms with Gasteiger partial charge in [-0.25, -0.2) is 4.39 Å². The molecule has 0 aromatic heterocycles. The summed E-state index contributed by atoms with van der Waals surface area (Å²) in [6.45, 7) is 4.59. The van der Waals surface area contributed by atoms with Crippen LogP contribution in [0, 0.1) is 0 Å². The monoisotopic (exact) mass is 188 g/mol. The Morgan fingerprint density at radius 2 is 2.08 bits per heavy atom. The lowest BCUT2D eigenvalue weighted by molar-refractivity contribution is 0.152. The van der Waals surface area contributed by atoms with Crippen LogP contribution < -0.4 is 5.73 Å². The van der Waals surface area contributed by atoms with Crippen LogP contribution in [0.5, 0.6) is 0 Å². The largest absolute Gasteiger partial charge is 0.328 e. The Morgan fingerprint density at radius 1 is 1.46 bits per heavy atom. The molecular weight excluding hydrogens is 167 g/mol. The molecule has 1 fully saturated rings. The Balaban J connectivity index is 2.14. The average Bonchev–Trinajstić information content (AvgIpc) is 2.09. The fourth-order valence-electron chi connectivity index (χ4n) is 1.82. The van der Waals surface area contributed by atoms with E-state index in [9.17, 15) is 4.39 Å². The van der Waals surface area contributed by atoms with Gasteiger partial charge in [0.05, 0.1) is 0 Å². The van der Waals surface area contributed by atoms with Gasteiger partial charge in [0.25, 0.3) is 0 Å². The number of nitrogens with two attached hydrogens (primary N) is 1. The summed E-state index contributed by atoms with van der Waals surface area (Å²) in [5.41, 5.74) is 5.77. The first kappa shape index (κ1) is 10.9. The van der Waals surface area contributed by atoms with Crippen molar-refractivity contribution < 1.29 is 4.39 Å². The molecule has 0 aromatic rings. The first-order valence-corrected chi connectivity index (χ1v) is 5.34. The molecule has 1 aliphatic rings. The first-order chi connectivity index (χ1) is 6.22. The number of likely N-dealkylation sites (tertiary alicyclic amines) is 1. The van der Waals surface area contributed by atoms with Gasteiger partial charge in [-0.2, -0.15) is 0 Å². The molecule has 0 unspecified atom stereocenters. The van der Waals surface area contributed by atoms with Crippen LogP contribution in [-0.4, -0.2) is 36.7 Å². The normalized spacial score (nSPS) is 23.3. The van der Waals surface area contributed by atoms with Crippen LogP contribution in [-0.2, 0) is 0 Å². The van der Waals surface area contributed by atoms with Crippen LogP contribution in [0.1, 0.15) is 32.6 Å². The highest BCUT2D eigenvalue weighted by molar-refractivity contribution is 4.75. The second-order valence-electron chi connectivity index (χ2n) is 4.02. The molecule has 13 heavy (non-hydrogen) atoms. The fraction of sp³-hybridized carbons (Fsp3) is 1.00. The molecule has 1 rings (SSSR count). The summed E-state index contributed by atoms with van der Waals surface area (Å²) in [5, 5.41) is 0. The maximum absolute atomic E-state index is 13.2. The smallest absolute Gasteiger partial charge is 0.113 e. The molecule has 0 spiro atoms. The SMILES string of the molecule is CCC[C@H](F)CN1CCC(N)CC1. The van der Waals surface area contributed by atoms with E-state index in [1.807, 2.05) is 6.92 Å². The van der Waals surface area contributed by atoms with Crippen LogP contribution in [0.15, 0.2) is 0 Å². The first-order valence-electron chi connectivity index (χ1n) is 5.34. The Labute approximate surface area is 80.3 Å². The predicted octanol–water partition coefficient (Wildman–Crippen LogP) is 1.55. The molecule has 2 nitrogen and oxygen atoms in total. The van der Waals surface area contributed by atoms with Crippen molar-refractivity contribution in [2.45, 2.75) is 44.8 Å². The van der Waals surface area contributed by atoms with Crippen molar-refractivity contribution in [3.8, 4) is 0 Å². The molecule has 0 aliphatic carbocycles. The van der Waals surface area contributed by atoms with E-state index in [1.54, 1.807) is 0 Å². The zero-order valence-corrected chi connectivity index (χ0v) is 8.51. The minimum Gasteiger partial charge on any atom is -0.328 e. The third kappa shape index (κ3) is 4.05. The minimum absolute atomic E-state index is 0.348. The highest BCUT2D eigenvalue weighted by atomic mass is 19.1. The number of halogens is 1. The molecule has 3 heteroatoms. The molecule has 0 amide bonds. The average molecular weight is 188 g/mol. The Kier molecular flexibility index (Phi) is 4.67. The summed E-state index contributed by atoms with van der Waals surface area (Å²) < 4.78 is 13.2. The van der Waals surface area contributed by atoms with Crippen molar-refractivity contribution >= 4 is 0 Å². The Morgan fingerprint density at radius 3 is 2.62 bits per heavy atom. The molecule has 1 atom stereocenters. The lowest BCUT2D eigenvalue weighted by Gasteiger charge is -2.30. The number of hydrogen-bond acceptors (Lipinski definition) is 2. The van der Waals surface area contributed by atoms with Gasteiger partial charge in [-0.1, -0.05) is 13.3 Å². The quantitative estimate of drug-likeness (QED) is 0.725. The van der Waals surface area contributed by atoms with Gasteiger partial charge in [-0.3, -0.25) is 0 Å². The van der Waals surface area contributed by atoms with E-state index in [2.05, 4.69) is 4.90 Å². The van der Waals surface area contributed by atoms with E-state index in [0.29, 0.717) is 19.0 Å². The van der Waals surface area contributed by atoms with Gasteiger partial charge >= 0.3 is 0 Å². The van der Waals surface area contributed by atoms with Crippen molar-refractivity contribution in [3.05, 3.63) is 0 Å². The van der Waals surface area contributed by atoms with Crippen molar-refractivity contribution in [3.63, 3.8) is 0 Å². The van der Waals surface area contributed by atoms with Crippen LogP contribution >= 0.6 is 0 Å². The highest BCUT2D eigenvalue weighted by Gasteiger charge is 2.18. The van der Waals surface area contributed by atoms with E-state index in [0.717, 1.165) is 32.4 Å².